The van der Waals surface area contributed by atoms with E-state index in [0.717, 1.165) is 0 Å². The van der Waals surface area contributed by atoms with Crippen LogP contribution >= 0.6 is 0 Å². The second-order valence-corrected chi connectivity index (χ2v) is 2.55. The monoisotopic (exact) mass is 150 g/mol. The fourth-order valence-electron chi connectivity index (χ4n) is 0.935. The summed E-state index contributed by atoms with van der Waals surface area (Å²) in [4.78, 5) is 0. The Balaban J connectivity index is 2.46. The van der Waals surface area contributed by atoms with Gasteiger partial charge in [0.25, 0.3) is 0 Å². The van der Waals surface area contributed by atoms with E-state index >= 15 is 0 Å². The first kappa shape index (κ1) is 7.91. The van der Waals surface area contributed by atoms with E-state index in [1.165, 1.54) is 6.92 Å². The van der Waals surface area contributed by atoms with Crippen molar-refractivity contribution in [2.45, 2.75) is 38.0 Å². The normalized spacial score (nSPS) is 49.2. The quantitative estimate of drug-likeness (QED) is 0.503. The number of ether oxygens (including phenoxy) is 1. The van der Waals surface area contributed by atoms with Crippen molar-refractivity contribution in [3.05, 3.63) is 0 Å². The standard InChI is InChI=1S/C6H11FO3/c1-3-4(7)2-5(8)6(9)10-3/h3-6,8-9H,2H2,1H3. The van der Waals surface area contributed by atoms with Gasteiger partial charge in [-0.25, -0.2) is 4.39 Å². The summed E-state index contributed by atoms with van der Waals surface area (Å²) in [7, 11) is 0. The van der Waals surface area contributed by atoms with Gasteiger partial charge >= 0.3 is 0 Å². The number of hydrogen-bond donors (Lipinski definition) is 2. The lowest BCUT2D eigenvalue weighted by Crippen LogP contribution is -2.43. The lowest BCUT2D eigenvalue weighted by atomic mass is 10.1. The van der Waals surface area contributed by atoms with E-state index in [0.29, 0.717) is 0 Å². The van der Waals surface area contributed by atoms with E-state index in [-0.39, 0.29) is 6.42 Å². The lowest BCUT2D eigenvalue weighted by Gasteiger charge is -2.31. The summed E-state index contributed by atoms with van der Waals surface area (Å²) >= 11 is 0. The van der Waals surface area contributed by atoms with Crippen molar-refractivity contribution in [1.29, 1.82) is 0 Å². The van der Waals surface area contributed by atoms with Crippen LogP contribution in [0.3, 0.4) is 0 Å². The van der Waals surface area contributed by atoms with Gasteiger partial charge in [0, 0.05) is 6.42 Å². The van der Waals surface area contributed by atoms with Crippen molar-refractivity contribution >= 4 is 0 Å². The summed E-state index contributed by atoms with van der Waals surface area (Å²) in [6, 6.07) is 0. The summed E-state index contributed by atoms with van der Waals surface area (Å²) in [5.41, 5.74) is 0. The fraction of sp³-hybridized carbons (Fsp3) is 1.00. The Labute approximate surface area is 58.4 Å². The largest absolute Gasteiger partial charge is 0.388 e. The van der Waals surface area contributed by atoms with E-state index in [9.17, 15) is 4.39 Å². The van der Waals surface area contributed by atoms with Crippen LogP contribution < -0.4 is 0 Å². The zero-order chi connectivity index (χ0) is 7.72. The van der Waals surface area contributed by atoms with Crippen LogP contribution in [0.2, 0.25) is 0 Å². The Morgan fingerprint density at radius 3 is 2.60 bits per heavy atom. The van der Waals surface area contributed by atoms with Crippen molar-refractivity contribution in [2.24, 2.45) is 0 Å². The fourth-order valence-corrected chi connectivity index (χ4v) is 0.935. The Morgan fingerprint density at radius 2 is 2.10 bits per heavy atom. The molecule has 0 spiro atoms. The van der Waals surface area contributed by atoms with Gasteiger partial charge in [-0.15, -0.1) is 0 Å². The molecule has 0 aromatic carbocycles. The van der Waals surface area contributed by atoms with Gasteiger partial charge in [-0.1, -0.05) is 0 Å². The van der Waals surface area contributed by atoms with Crippen LogP contribution in [-0.4, -0.2) is 34.9 Å². The lowest BCUT2D eigenvalue weighted by molar-refractivity contribution is -0.230. The summed E-state index contributed by atoms with van der Waals surface area (Å²) in [6.45, 7) is 1.53. The number of halogens is 1. The van der Waals surface area contributed by atoms with Crippen LogP contribution in [0.4, 0.5) is 4.39 Å². The average Bonchev–Trinajstić information content (AvgIpc) is 1.84. The van der Waals surface area contributed by atoms with Gasteiger partial charge in [-0.2, -0.15) is 0 Å². The zero-order valence-electron chi connectivity index (χ0n) is 5.70. The van der Waals surface area contributed by atoms with Crippen molar-refractivity contribution in [3.63, 3.8) is 0 Å². The minimum absolute atomic E-state index is 0.0394. The molecule has 1 heterocycles. The maximum absolute atomic E-state index is 12.6. The van der Waals surface area contributed by atoms with E-state index in [1.54, 1.807) is 0 Å². The van der Waals surface area contributed by atoms with E-state index in [1.807, 2.05) is 0 Å². The molecule has 0 aromatic heterocycles. The number of rotatable bonds is 0. The SMILES string of the molecule is CC1OC(O)C(O)CC1F. The third-order valence-corrected chi connectivity index (χ3v) is 1.66. The number of hydrogen-bond acceptors (Lipinski definition) is 3. The molecule has 1 rings (SSSR count). The predicted molar refractivity (Wildman–Crippen MR) is 32.1 cm³/mol. The molecule has 2 N–H and O–H groups in total. The first-order valence-corrected chi connectivity index (χ1v) is 3.27. The summed E-state index contributed by atoms with van der Waals surface area (Å²) < 4.78 is 17.2. The van der Waals surface area contributed by atoms with Crippen LogP contribution in [0.25, 0.3) is 0 Å². The Kier molecular flexibility index (Phi) is 2.23. The molecule has 0 amide bonds. The van der Waals surface area contributed by atoms with E-state index in [4.69, 9.17) is 10.2 Å². The van der Waals surface area contributed by atoms with Crippen molar-refractivity contribution in [3.8, 4) is 0 Å². The van der Waals surface area contributed by atoms with Crippen LogP contribution in [0.5, 0.6) is 0 Å². The van der Waals surface area contributed by atoms with E-state index < -0.39 is 24.7 Å². The highest BCUT2D eigenvalue weighted by Gasteiger charge is 2.33. The molecule has 60 valence electrons. The number of aliphatic hydroxyl groups is 2. The van der Waals surface area contributed by atoms with Crippen molar-refractivity contribution in [2.75, 3.05) is 0 Å². The van der Waals surface area contributed by atoms with Crippen molar-refractivity contribution < 1.29 is 19.3 Å². The highest BCUT2D eigenvalue weighted by atomic mass is 19.1. The number of aliphatic hydroxyl groups excluding tert-OH is 2. The van der Waals surface area contributed by atoms with Gasteiger partial charge in [0.15, 0.2) is 6.29 Å². The first-order chi connectivity index (χ1) is 4.61. The second-order valence-electron chi connectivity index (χ2n) is 2.55. The minimum atomic E-state index is -1.22. The predicted octanol–water partition coefficient (Wildman–Crippen LogP) is -0.187. The smallest absolute Gasteiger partial charge is 0.181 e. The van der Waals surface area contributed by atoms with Gasteiger partial charge in [0.2, 0.25) is 0 Å². The second kappa shape index (κ2) is 2.82. The van der Waals surface area contributed by atoms with Gasteiger partial charge in [-0.3, -0.25) is 0 Å². The zero-order valence-corrected chi connectivity index (χ0v) is 5.70. The third kappa shape index (κ3) is 1.45. The van der Waals surface area contributed by atoms with Gasteiger partial charge in [0.1, 0.15) is 12.3 Å². The molecule has 1 saturated heterocycles. The molecule has 0 aromatic rings. The Hall–Kier alpha value is -0.190. The van der Waals surface area contributed by atoms with Gasteiger partial charge < -0.3 is 14.9 Å². The molecule has 1 aliphatic rings. The molecule has 0 aliphatic carbocycles. The molecule has 4 heteroatoms. The third-order valence-electron chi connectivity index (χ3n) is 1.66. The molecule has 3 nitrogen and oxygen atoms in total. The highest BCUT2D eigenvalue weighted by molar-refractivity contribution is 4.77. The van der Waals surface area contributed by atoms with E-state index in [2.05, 4.69) is 4.74 Å². The first-order valence-electron chi connectivity index (χ1n) is 3.27. The van der Waals surface area contributed by atoms with Gasteiger partial charge in [0.05, 0.1) is 6.10 Å². The van der Waals surface area contributed by atoms with Gasteiger partial charge in [-0.05, 0) is 6.92 Å². The van der Waals surface area contributed by atoms with Crippen LogP contribution in [-0.2, 0) is 4.74 Å². The molecule has 4 unspecified atom stereocenters. The van der Waals surface area contributed by atoms with Crippen LogP contribution in [0, 0.1) is 0 Å². The Bertz CT molecular complexity index is 93.6. The number of alkyl halides is 1. The molecule has 1 fully saturated rings. The molecular weight excluding hydrogens is 139 g/mol. The topological polar surface area (TPSA) is 49.7 Å². The van der Waals surface area contributed by atoms with Crippen molar-refractivity contribution in [1.82, 2.24) is 0 Å². The van der Waals surface area contributed by atoms with Crippen LogP contribution in [0.1, 0.15) is 13.3 Å². The minimum Gasteiger partial charge on any atom is -0.388 e. The molecule has 0 radical (unpaired) electrons. The summed E-state index contributed by atoms with van der Waals surface area (Å²) in [5, 5.41) is 17.7. The average molecular weight is 150 g/mol. The molecule has 10 heavy (non-hydrogen) atoms. The molecule has 0 bridgehead atoms. The maximum atomic E-state index is 12.6. The summed E-state index contributed by atoms with van der Waals surface area (Å²) in [6.07, 6.45) is -4.12. The maximum Gasteiger partial charge on any atom is 0.181 e. The van der Waals surface area contributed by atoms with Crippen LogP contribution in [0.15, 0.2) is 0 Å². The molecular formula is C6H11FO3. The molecule has 1 aliphatic heterocycles. The molecule has 4 atom stereocenters. The summed E-state index contributed by atoms with van der Waals surface area (Å²) in [5.74, 6) is 0. The molecule has 0 saturated carbocycles. The Morgan fingerprint density at radius 1 is 1.50 bits per heavy atom. The highest BCUT2D eigenvalue weighted by Crippen LogP contribution is 2.20.